The molecule has 108 valence electrons. The monoisotopic (exact) mass is 286 g/mol. The largest absolute Gasteiger partial charge is 0.478 e. The molecule has 0 atom stereocenters. The van der Waals surface area contributed by atoms with Crippen LogP contribution < -0.4 is 5.73 Å². The molecule has 1 rings (SSSR count). The maximum Gasteiger partial charge on any atom is 0.336 e. The van der Waals surface area contributed by atoms with Crippen molar-refractivity contribution in [2.45, 2.75) is 6.92 Å². The Morgan fingerprint density at radius 2 is 1.70 bits per heavy atom. The summed E-state index contributed by atoms with van der Waals surface area (Å²) in [5, 5.41) is 8.91. The number of rotatable bonds is 5. The van der Waals surface area contributed by atoms with E-state index >= 15 is 0 Å². The van der Waals surface area contributed by atoms with E-state index in [0.717, 1.165) is 4.90 Å². The van der Waals surface area contributed by atoms with Crippen LogP contribution in [0.3, 0.4) is 0 Å². The second kappa shape index (κ2) is 6.09. The summed E-state index contributed by atoms with van der Waals surface area (Å²) in [7, 11) is 0. The van der Waals surface area contributed by atoms with Crippen molar-refractivity contribution < 1.29 is 28.3 Å². The van der Waals surface area contributed by atoms with Crippen LogP contribution in [0.2, 0.25) is 0 Å². The molecule has 0 aliphatic carbocycles. The van der Waals surface area contributed by atoms with Gasteiger partial charge in [-0.3, -0.25) is 9.59 Å². The Balaban J connectivity index is 3.29. The second-order valence-corrected chi connectivity index (χ2v) is 3.90. The number of carboxylic acids is 1. The van der Waals surface area contributed by atoms with Crippen LogP contribution in [0.25, 0.3) is 0 Å². The predicted molar refractivity (Wildman–Crippen MR) is 64.1 cm³/mol. The predicted octanol–water partition coefficient (Wildman–Crippen LogP) is 0.610. The Morgan fingerprint density at radius 1 is 1.20 bits per heavy atom. The summed E-state index contributed by atoms with van der Waals surface area (Å²) in [6.07, 6.45) is 0. The average molecular weight is 286 g/mol. The van der Waals surface area contributed by atoms with Gasteiger partial charge in [-0.1, -0.05) is 0 Å². The molecule has 0 fully saturated rings. The van der Waals surface area contributed by atoms with Gasteiger partial charge in [0.25, 0.3) is 5.91 Å². The summed E-state index contributed by atoms with van der Waals surface area (Å²) >= 11 is 0. The topological polar surface area (TPSA) is 101 Å². The number of primary amides is 1. The minimum Gasteiger partial charge on any atom is -0.478 e. The van der Waals surface area contributed by atoms with Crippen molar-refractivity contribution in [2.75, 3.05) is 13.1 Å². The van der Waals surface area contributed by atoms with Gasteiger partial charge < -0.3 is 15.7 Å². The fourth-order valence-corrected chi connectivity index (χ4v) is 1.59. The molecule has 0 radical (unpaired) electrons. The van der Waals surface area contributed by atoms with Crippen LogP contribution in [0.4, 0.5) is 8.78 Å². The zero-order chi connectivity index (χ0) is 15.4. The number of amides is 2. The summed E-state index contributed by atoms with van der Waals surface area (Å²) < 4.78 is 26.2. The lowest BCUT2D eigenvalue weighted by molar-refractivity contribution is -0.118. The van der Waals surface area contributed by atoms with Crippen LogP contribution in [0.1, 0.15) is 27.6 Å². The van der Waals surface area contributed by atoms with E-state index < -0.39 is 47.1 Å². The smallest absolute Gasteiger partial charge is 0.336 e. The van der Waals surface area contributed by atoms with Crippen LogP contribution >= 0.6 is 0 Å². The highest BCUT2D eigenvalue weighted by Gasteiger charge is 2.24. The zero-order valence-corrected chi connectivity index (χ0v) is 10.5. The first-order valence-corrected chi connectivity index (χ1v) is 5.57. The number of benzene rings is 1. The number of carbonyl (C=O) groups excluding carboxylic acids is 2. The molecule has 0 unspecified atom stereocenters. The summed E-state index contributed by atoms with van der Waals surface area (Å²) in [4.78, 5) is 34.8. The fourth-order valence-electron chi connectivity index (χ4n) is 1.59. The van der Waals surface area contributed by atoms with Gasteiger partial charge in [-0.15, -0.1) is 0 Å². The number of nitrogens with zero attached hydrogens (tertiary/aromatic N) is 1. The van der Waals surface area contributed by atoms with E-state index in [9.17, 15) is 23.2 Å². The molecule has 6 nitrogen and oxygen atoms in total. The van der Waals surface area contributed by atoms with E-state index in [1.807, 2.05) is 0 Å². The Morgan fingerprint density at radius 3 is 2.10 bits per heavy atom. The van der Waals surface area contributed by atoms with Crippen LogP contribution in [-0.4, -0.2) is 40.9 Å². The number of hydrogen-bond donors (Lipinski definition) is 2. The molecule has 8 heteroatoms. The maximum atomic E-state index is 13.2. The molecule has 1 aromatic carbocycles. The van der Waals surface area contributed by atoms with Gasteiger partial charge in [0.1, 0.15) is 0 Å². The zero-order valence-electron chi connectivity index (χ0n) is 10.5. The molecule has 0 aliphatic heterocycles. The molecule has 0 heterocycles. The molecular weight excluding hydrogens is 274 g/mol. The van der Waals surface area contributed by atoms with E-state index in [1.165, 1.54) is 6.92 Å². The molecule has 0 bridgehead atoms. The maximum absolute atomic E-state index is 13.2. The van der Waals surface area contributed by atoms with Gasteiger partial charge in [0.05, 0.1) is 17.7 Å². The van der Waals surface area contributed by atoms with E-state index in [2.05, 4.69) is 0 Å². The van der Waals surface area contributed by atoms with Crippen LogP contribution in [-0.2, 0) is 4.79 Å². The average Bonchev–Trinajstić information content (AvgIpc) is 2.37. The van der Waals surface area contributed by atoms with Crippen LogP contribution in [0, 0.1) is 11.6 Å². The molecule has 2 amide bonds. The number of carbonyl (C=O) groups is 3. The van der Waals surface area contributed by atoms with Crippen molar-refractivity contribution in [1.82, 2.24) is 4.90 Å². The van der Waals surface area contributed by atoms with Gasteiger partial charge in [0.2, 0.25) is 5.91 Å². The SMILES string of the molecule is CCN(CC(N)=O)C(=O)c1cc(F)c(F)cc1C(=O)O. The number of likely N-dealkylation sites (N-methyl/N-ethyl adjacent to an activating group) is 1. The Hall–Kier alpha value is -2.51. The number of carboxylic acid groups (broad SMARTS) is 1. The van der Waals surface area contributed by atoms with Crippen molar-refractivity contribution in [2.24, 2.45) is 5.73 Å². The van der Waals surface area contributed by atoms with E-state index in [0.29, 0.717) is 12.1 Å². The van der Waals surface area contributed by atoms with Gasteiger partial charge in [-0.25, -0.2) is 13.6 Å². The highest BCUT2D eigenvalue weighted by atomic mass is 19.2. The molecule has 1 aromatic rings. The molecule has 3 N–H and O–H groups in total. The molecule has 0 saturated carbocycles. The molecule has 20 heavy (non-hydrogen) atoms. The van der Waals surface area contributed by atoms with Gasteiger partial charge in [0.15, 0.2) is 11.6 Å². The first-order chi connectivity index (χ1) is 9.27. The highest BCUT2D eigenvalue weighted by Crippen LogP contribution is 2.17. The van der Waals surface area contributed by atoms with E-state index in [4.69, 9.17) is 10.8 Å². The number of hydrogen-bond acceptors (Lipinski definition) is 3. The van der Waals surface area contributed by atoms with Crippen LogP contribution in [0.15, 0.2) is 12.1 Å². The van der Waals surface area contributed by atoms with Gasteiger partial charge >= 0.3 is 5.97 Å². The lowest BCUT2D eigenvalue weighted by atomic mass is 10.1. The fraction of sp³-hybridized carbons (Fsp3) is 0.250. The van der Waals surface area contributed by atoms with E-state index in [1.54, 1.807) is 0 Å². The Bertz CT molecular complexity index is 575. The Labute approximate surface area is 112 Å². The summed E-state index contributed by atoms with van der Waals surface area (Å²) in [5.74, 6) is -6.03. The quantitative estimate of drug-likeness (QED) is 0.828. The molecule has 0 saturated heterocycles. The Kier molecular flexibility index (Phi) is 4.73. The third-order valence-electron chi connectivity index (χ3n) is 2.54. The van der Waals surface area contributed by atoms with Crippen molar-refractivity contribution in [3.05, 3.63) is 34.9 Å². The van der Waals surface area contributed by atoms with Gasteiger partial charge in [0, 0.05) is 6.54 Å². The van der Waals surface area contributed by atoms with Gasteiger partial charge in [-0.2, -0.15) is 0 Å². The second-order valence-electron chi connectivity index (χ2n) is 3.90. The summed E-state index contributed by atoms with van der Waals surface area (Å²) in [6.45, 7) is 1.13. The number of halogens is 2. The van der Waals surface area contributed by atoms with Crippen molar-refractivity contribution in [1.29, 1.82) is 0 Å². The molecule has 0 spiro atoms. The summed E-state index contributed by atoms with van der Waals surface area (Å²) in [6, 6.07) is 0.910. The first kappa shape index (κ1) is 15.5. The van der Waals surface area contributed by atoms with Gasteiger partial charge in [-0.05, 0) is 19.1 Å². The number of nitrogens with two attached hydrogens (primary N) is 1. The van der Waals surface area contributed by atoms with Crippen molar-refractivity contribution in [3.8, 4) is 0 Å². The third kappa shape index (κ3) is 3.28. The highest BCUT2D eigenvalue weighted by molar-refractivity contribution is 6.05. The lowest BCUT2D eigenvalue weighted by Gasteiger charge is -2.20. The minimum atomic E-state index is -1.58. The molecule has 0 aliphatic rings. The van der Waals surface area contributed by atoms with Crippen molar-refractivity contribution in [3.63, 3.8) is 0 Å². The summed E-state index contributed by atoms with van der Waals surface area (Å²) in [5.41, 5.74) is 3.73. The lowest BCUT2D eigenvalue weighted by Crippen LogP contribution is -2.39. The number of aromatic carboxylic acids is 1. The first-order valence-electron chi connectivity index (χ1n) is 5.57. The van der Waals surface area contributed by atoms with Crippen molar-refractivity contribution >= 4 is 17.8 Å². The normalized spacial score (nSPS) is 10.2. The van der Waals surface area contributed by atoms with E-state index in [-0.39, 0.29) is 6.54 Å². The molecule has 0 aromatic heterocycles. The minimum absolute atomic E-state index is 0.0554. The third-order valence-corrected chi connectivity index (χ3v) is 2.54. The van der Waals surface area contributed by atoms with Crippen LogP contribution in [0.5, 0.6) is 0 Å². The standard InChI is InChI=1S/C12H12F2N2O4/c1-2-16(5-10(15)17)11(18)6-3-8(13)9(14)4-7(6)12(19)20/h3-4H,2,5H2,1H3,(H2,15,17)(H,19,20). The molecular formula is C12H12F2N2O4.